The number of nitrogens with zero attached hydrogens (tertiary/aromatic N) is 1. The van der Waals surface area contributed by atoms with E-state index in [4.69, 9.17) is 10.5 Å². The molecule has 1 aromatic rings. The Labute approximate surface area is 106 Å². The lowest BCUT2D eigenvalue weighted by molar-refractivity contribution is 0.0501. The third-order valence-corrected chi connectivity index (χ3v) is 2.35. The molecule has 0 spiro atoms. The first kappa shape index (κ1) is 14.3. The molecule has 4 N–H and O–H groups in total. The number of aliphatic hydroxyl groups excluding tert-OH is 1. The van der Waals surface area contributed by atoms with Crippen molar-refractivity contribution in [1.29, 1.82) is 0 Å². The SMILES string of the molecule is COCC(O)CN(C)C(=O)Nc1ccc(N)cc1. The molecule has 1 rings (SSSR count). The third kappa shape index (κ3) is 4.60. The molecule has 0 aliphatic heterocycles. The normalized spacial score (nSPS) is 11.9. The zero-order valence-electron chi connectivity index (χ0n) is 10.6. The molecule has 6 nitrogen and oxygen atoms in total. The lowest BCUT2D eigenvalue weighted by Gasteiger charge is -2.20. The number of carbonyl (C=O) groups is 1. The zero-order chi connectivity index (χ0) is 13.5. The van der Waals surface area contributed by atoms with Gasteiger partial charge in [-0.2, -0.15) is 0 Å². The molecule has 0 aromatic heterocycles. The van der Waals surface area contributed by atoms with E-state index in [9.17, 15) is 9.90 Å². The highest BCUT2D eigenvalue weighted by Crippen LogP contribution is 2.11. The average Bonchev–Trinajstić information content (AvgIpc) is 2.32. The van der Waals surface area contributed by atoms with Crippen LogP contribution in [0.3, 0.4) is 0 Å². The number of nitrogens with two attached hydrogens (primary N) is 1. The Morgan fingerprint density at radius 1 is 1.50 bits per heavy atom. The second kappa shape index (κ2) is 6.83. The molecule has 0 aliphatic rings. The summed E-state index contributed by atoms with van der Waals surface area (Å²) in [6.45, 7) is 0.397. The Morgan fingerprint density at radius 3 is 2.67 bits per heavy atom. The number of urea groups is 1. The number of aliphatic hydroxyl groups is 1. The van der Waals surface area contributed by atoms with Gasteiger partial charge in [0, 0.05) is 25.5 Å². The molecule has 18 heavy (non-hydrogen) atoms. The van der Waals surface area contributed by atoms with Gasteiger partial charge in [0.2, 0.25) is 0 Å². The van der Waals surface area contributed by atoms with E-state index in [0.717, 1.165) is 0 Å². The first-order chi connectivity index (χ1) is 8.52. The van der Waals surface area contributed by atoms with Gasteiger partial charge in [-0.15, -0.1) is 0 Å². The van der Waals surface area contributed by atoms with Gasteiger partial charge >= 0.3 is 6.03 Å². The third-order valence-electron chi connectivity index (χ3n) is 2.35. The highest BCUT2D eigenvalue weighted by Gasteiger charge is 2.13. The van der Waals surface area contributed by atoms with Crippen LogP contribution in [0, 0.1) is 0 Å². The fourth-order valence-electron chi connectivity index (χ4n) is 1.43. The van der Waals surface area contributed by atoms with Gasteiger partial charge in [-0.25, -0.2) is 4.79 Å². The van der Waals surface area contributed by atoms with Crippen LogP contribution in [0.1, 0.15) is 0 Å². The van der Waals surface area contributed by atoms with E-state index in [2.05, 4.69) is 5.32 Å². The fourth-order valence-corrected chi connectivity index (χ4v) is 1.43. The molecule has 0 fully saturated rings. The van der Waals surface area contributed by atoms with Crippen LogP contribution in [0.4, 0.5) is 16.2 Å². The van der Waals surface area contributed by atoms with Crippen LogP contribution in [-0.2, 0) is 4.74 Å². The van der Waals surface area contributed by atoms with Crippen molar-refractivity contribution < 1.29 is 14.6 Å². The number of benzene rings is 1. The minimum Gasteiger partial charge on any atom is -0.399 e. The van der Waals surface area contributed by atoms with Gasteiger partial charge in [0.1, 0.15) is 0 Å². The van der Waals surface area contributed by atoms with Crippen molar-refractivity contribution in [1.82, 2.24) is 4.90 Å². The summed E-state index contributed by atoms with van der Waals surface area (Å²) in [5.74, 6) is 0. The predicted octanol–water partition coefficient (Wildman–Crippen LogP) is 0.740. The number of ether oxygens (including phenoxy) is 1. The van der Waals surface area contributed by atoms with E-state index in [-0.39, 0.29) is 19.2 Å². The Morgan fingerprint density at radius 2 is 2.11 bits per heavy atom. The van der Waals surface area contributed by atoms with Crippen molar-refractivity contribution in [2.24, 2.45) is 0 Å². The molecule has 6 heteroatoms. The van der Waals surface area contributed by atoms with Crippen LogP contribution >= 0.6 is 0 Å². The molecule has 1 aromatic carbocycles. The Balaban J connectivity index is 2.46. The zero-order valence-corrected chi connectivity index (χ0v) is 10.6. The van der Waals surface area contributed by atoms with Crippen LogP contribution < -0.4 is 11.1 Å². The fraction of sp³-hybridized carbons (Fsp3) is 0.417. The quantitative estimate of drug-likeness (QED) is 0.675. The van der Waals surface area contributed by atoms with Crippen molar-refractivity contribution in [2.45, 2.75) is 6.10 Å². The molecular formula is C12H19N3O3. The number of methoxy groups -OCH3 is 1. The maximum absolute atomic E-state index is 11.8. The molecule has 0 saturated heterocycles. The number of amides is 2. The molecule has 0 bridgehead atoms. The molecule has 0 heterocycles. The molecule has 0 saturated carbocycles. The topological polar surface area (TPSA) is 87.8 Å². The van der Waals surface area contributed by atoms with E-state index in [1.54, 1.807) is 31.3 Å². The minimum absolute atomic E-state index is 0.194. The Kier molecular flexibility index (Phi) is 5.41. The standard InChI is InChI=1S/C12H19N3O3/c1-15(7-11(16)8-18-2)12(17)14-10-5-3-9(13)4-6-10/h3-6,11,16H,7-8,13H2,1-2H3,(H,14,17). The number of rotatable bonds is 5. The largest absolute Gasteiger partial charge is 0.399 e. The second-order valence-electron chi connectivity index (χ2n) is 4.04. The molecular weight excluding hydrogens is 234 g/mol. The number of nitrogen functional groups attached to an aromatic ring is 1. The van der Waals surface area contributed by atoms with E-state index in [0.29, 0.717) is 11.4 Å². The highest BCUT2D eigenvalue weighted by atomic mass is 16.5. The second-order valence-corrected chi connectivity index (χ2v) is 4.04. The van der Waals surface area contributed by atoms with Gasteiger partial charge in [-0.3, -0.25) is 0 Å². The van der Waals surface area contributed by atoms with Gasteiger partial charge in [0.05, 0.1) is 19.3 Å². The van der Waals surface area contributed by atoms with Gasteiger partial charge in [-0.05, 0) is 24.3 Å². The molecule has 100 valence electrons. The smallest absolute Gasteiger partial charge is 0.321 e. The van der Waals surface area contributed by atoms with Gasteiger partial charge in [-0.1, -0.05) is 0 Å². The first-order valence-electron chi connectivity index (χ1n) is 5.57. The highest BCUT2D eigenvalue weighted by molar-refractivity contribution is 5.89. The molecule has 1 atom stereocenters. The van der Waals surface area contributed by atoms with Crippen LogP contribution in [-0.4, -0.2) is 49.5 Å². The molecule has 0 radical (unpaired) electrons. The number of hydrogen-bond donors (Lipinski definition) is 3. The number of hydrogen-bond acceptors (Lipinski definition) is 4. The summed E-state index contributed by atoms with van der Waals surface area (Å²) in [4.78, 5) is 13.2. The van der Waals surface area contributed by atoms with Crippen molar-refractivity contribution in [3.63, 3.8) is 0 Å². The van der Waals surface area contributed by atoms with Gasteiger partial charge in [0.25, 0.3) is 0 Å². The summed E-state index contributed by atoms with van der Waals surface area (Å²) in [6.07, 6.45) is -0.697. The van der Waals surface area contributed by atoms with Gasteiger partial charge in [0.15, 0.2) is 0 Å². The van der Waals surface area contributed by atoms with E-state index in [1.807, 2.05) is 0 Å². The molecule has 2 amide bonds. The Hall–Kier alpha value is -1.79. The number of carbonyl (C=O) groups excluding carboxylic acids is 1. The first-order valence-corrected chi connectivity index (χ1v) is 5.57. The number of anilines is 2. The summed E-state index contributed by atoms with van der Waals surface area (Å²) in [6, 6.07) is 6.54. The van der Waals surface area contributed by atoms with Crippen LogP contribution in [0.25, 0.3) is 0 Å². The summed E-state index contributed by atoms with van der Waals surface area (Å²) in [5.41, 5.74) is 6.84. The lowest BCUT2D eigenvalue weighted by atomic mass is 10.3. The summed E-state index contributed by atoms with van der Waals surface area (Å²) in [5, 5.41) is 12.2. The molecule has 1 unspecified atom stereocenters. The predicted molar refractivity (Wildman–Crippen MR) is 70.4 cm³/mol. The average molecular weight is 253 g/mol. The van der Waals surface area contributed by atoms with Crippen molar-refractivity contribution in [3.8, 4) is 0 Å². The van der Waals surface area contributed by atoms with Crippen LogP contribution in [0.2, 0.25) is 0 Å². The van der Waals surface area contributed by atoms with Crippen molar-refractivity contribution in [2.75, 3.05) is 38.4 Å². The van der Waals surface area contributed by atoms with Crippen molar-refractivity contribution in [3.05, 3.63) is 24.3 Å². The summed E-state index contributed by atoms with van der Waals surface area (Å²) >= 11 is 0. The molecule has 0 aliphatic carbocycles. The van der Waals surface area contributed by atoms with Gasteiger partial charge < -0.3 is 25.8 Å². The van der Waals surface area contributed by atoms with Crippen LogP contribution in [0.15, 0.2) is 24.3 Å². The summed E-state index contributed by atoms with van der Waals surface area (Å²) < 4.78 is 4.79. The van der Waals surface area contributed by atoms with Crippen molar-refractivity contribution >= 4 is 17.4 Å². The number of likely N-dealkylation sites (N-methyl/N-ethyl adjacent to an activating group) is 1. The van der Waals surface area contributed by atoms with E-state index < -0.39 is 6.10 Å². The lowest BCUT2D eigenvalue weighted by Crippen LogP contribution is -2.38. The number of nitrogens with one attached hydrogen (secondary N) is 1. The van der Waals surface area contributed by atoms with E-state index >= 15 is 0 Å². The maximum Gasteiger partial charge on any atom is 0.321 e. The minimum atomic E-state index is -0.697. The summed E-state index contributed by atoms with van der Waals surface area (Å²) in [7, 11) is 3.10. The Bertz CT molecular complexity index is 381. The monoisotopic (exact) mass is 253 g/mol. The van der Waals surface area contributed by atoms with Crippen LogP contribution in [0.5, 0.6) is 0 Å². The van der Waals surface area contributed by atoms with E-state index in [1.165, 1.54) is 12.0 Å². The maximum atomic E-state index is 11.8.